The van der Waals surface area contributed by atoms with E-state index in [0.29, 0.717) is 55.0 Å². The van der Waals surface area contributed by atoms with Gasteiger partial charge in [0.2, 0.25) is 5.91 Å². The maximum atomic E-state index is 13.8. The molecule has 4 aliphatic rings. The standard InChI is InChI=1S/C36H47ClN4O7S/c1-39(2)49(45,46)38-34(43)36(44)20-33(42)40(3)17-6-5-9-31(47-4)28-13-10-25(28)21-41-22-35(23-48-32-15-11-26(36)19-30(32)41)16-7-8-24-18-27(37)12-14-29(24)35/h5,9,11-12,14-15,18-19,25,28,31,44H,6-8,10,13,16-17,20-23H2,1-4H3,(H,38,43)/b9-5+/t25-,28+,31-,35-,36+/m0/s1. The zero-order chi connectivity index (χ0) is 35.1. The lowest BCUT2D eigenvalue weighted by Gasteiger charge is -2.46. The van der Waals surface area contributed by atoms with Crippen molar-refractivity contribution >= 4 is 39.3 Å². The van der Waals surface area contributed by atoms with E-state index in [1.807, 2.05) is 22.9 Å². The van der Waals surface area contributed by atoms with Gasteiger partial charge in [-0.2, -0.15) is 12.7 Å². The van der Waals surface area contributed by atoms with E-state index < -0.39 is 34.0 Å². The Hall–Kier alpha value is -3.16. The number of carbonyl (C=O) groups is 2. The Bertz CT molecular complexity index is 1740. The molecule has 2 aromatic carbocycles. The number of fused-ring (bicyclic) bond motifs is 4. The third-order valence-corrected chi connectivity index (χ3v) is 12.6. The van der Waals surface area contributed by atoms with E-state index >= 15 is 0 Å². The molecule has 0 saturated heterocycles. The number of aliphatic hydroxyl groups is 1. The van der Waals surface area contributed by atoms with E-state index in [4.69, 9.17) is 21.1 Å². The lowest BCUT2D eigenvalue weighted by atomic mass is 9.68. The van der Waals surface area contributed by atoms with E-state index in [2.05, 4.69) is 17.0 Å². The largest absolute Gasteiger partial charge is 0.490 e. The van der Waals surface area contributed by atoms with Crippen molar-refractivity contribution in [1.82, 2.24) is 13.9 Å². The fraction of sp³-hybridized carbons (Fsp3) is 0.556. The molecular formula is C36H47ClN4O7S. The van der Waals surface area contributed by atoms with Gasteiger partial charge in [-0.15, -0.1) is 0 Å². The molecular weight excluding hydrogens is 668 g/mol. The molecule has 0 radical (unpaired) electrons. The van der Waals surface area contributed by atoms with Gasteiger partial charge < -0.3 is 24.4 Å². The van der Waals surface area contributed by atoms with Crippen LogP contribution in [-0.2, 0) is 42.0 Å². The van der Waals surface area contributed by atoms with E-state index in [1.54, 1.807) is 32.4 Å². The van der Waals surface area contributed by atoms with Gasteiger partial charge in [-0.25, -0.2) is 4.72 Å². The Balaban J connectivity index is 1.48. The molecule has 5 atom stereocenters. The third-order valence-electron chi connectivity index (χ3n) is 11.0. The number of rotatable bonds is 4. The zero-order valence-corrected chi connectivity index (χ0v) is 30.2. The van der Waals surface area contributed by atoms with Gasteiger partial charge in [0.05, 0.1) is 24.8 Å². The topological polar surface area (TPSA) is 129 Å². The minimum Gasteiger partial charge on any atom is -0.490 e. The molecule has 11 nitrogen and oxygen atoms in total. The van der Waals surface area contributed by atoms with Crippen LogP contribution >= 0.6 is 11.6 Å². The van der Waals surface area contributed by atoms with Gasteiger partial charge in [0.25, 0.3) is 5.91 Å². The zero-order valence-electron chi connectivity index (χ0n) is 28.7. The molecule has 6 rings (SSSR count). The Morgan fingerprint density at radius 3 is 2.69 bits per heavy atom. The van der Waals surface area contributed by atoms with E-state index in [-0.39, 0.29) is 23.0 Å². The molecule has 1 spiro atoms. The first-order chi connectivity index (χ1) is 23.3. The Kier molecular flexibility index (Phi) is 10.1. The predicted octanol–water partition coefficient (Wildman–Crippen LogP) is 3.77. The number of hydrogen-bond donors (Lipinski definition) is 2. The van der Waals surface area contributed by atoms with Crippen LogP contribution in [0.15, 0.2) is 48.6 Å². The van der Waals surface area contributed by atoms with Crippen LogP contribution in [0.25, 0.3) is 0 Å². The first kappa shape index (κ1) is 35.7. The molecule has 2 aromatic rings. The van der Waals surface area contributed by atoms with Crippen molar-refractivity contribution in [3.8, 4) is 5.75 Å². The molecule has 2 aliphatic heterocycles. The normalized spacial score (nSPS) is 29.7. The number of halogens is 1. The minimum absolute atomic E-state index is 0.0689. The third kappa shape index (κ3) is 6.95. The van der Waals surface area contributed by atoms with Gasteiger partial charge >= 0.3 is 10.2 Å². The van der Waals surface area contributed by atoms with E-state index in [0.717, 1.165) is 36.4 Å². The summed E-state index contributed by atoms with van der Waals surface area (Å²) in [6.07, 6.45) is 8.78. The quantitative estimate of drug-likeness (QED) is 0.459. The van der Waals surface area contributed by atoms with Crippen LogP contribution < -0.4 is 14.4 Å². The Labute approximate surface area is 294 Å². The summed E-state index contributed by atoms with van der Waals surface area (Å²) in [4.78, 5) is 31.1. The van der Waals surface area contributed by atoms with Crippen LogP contribution in [0.4, 0.5) is 5.69 Å². The van der Waals surface area contributed by atoms with Gasteiger partial charge in [0, 0.05) is 58.3 Å². The number of aryl methyl sites for hydroxylation is 1. The maximum Gasteiger partial charge on any atom is 0.303 e. The van der Waals surface area contributed by atoms with Gasteiger partial charge in [0.1, 0.15) is 5.75 Å². The summed E-state index contributed by atoms with van der Waals surface area (Å²) in [7, 11) is 1.61. The van der Waals surface area contributed by atoms with Gasteiger partial charge in [-0.3, -0.25) is 9.59 Å². The highest BCUT2D eigenvalue weighted by atomic mass is 35.5. The van der Waals surface area contributed by atoms with Crippen molar-refractivity contribution in [3.63, 3.8) is 0 Å². The monoisotopic (exact) mass is 714 g/mol. The summed E-state index contributed by atoms with van der Waals surface area (Å²) >= 11 is 6.44. The van der Waals surface area contributed by atoms with Gasteiger partial charge in [0.15, 0.2) is 5.60 Å². The van der Waals surface area contributed by atoms with Crippen LogP contribution in [0, 0.1) is 11.8 Å². The van der Waals surface area contributed by atoms with Crippen LogP contribution in [-0.4, -0.2) is 95.1 Å². The summed E-state index contributed by atoms with van der Waals surface area (Å²) in [6.45, 7) is 2.07. The molecule has 266 valence electrons. The van der Waals surface area contributed by atoms with Crippen molar-refractivity contribution in [2.75, 3.05) is 59.4 Å². The van der Waals surface area contributed by atoms with Crippen LogP contribution in [0.2, 0.25) is 5.02 Å². The molecule has 2 N–H and O–H groups in total. The van der Waals surface area contributed by atoms with Crippen molar-refractivity contribution in [2.45, 2.75) is 62.1 Å². The summed E-state index contributed by atoms with van der Waals surface area (Å²) in [6, 6.07) is 11.1. The number of amides is 2. The molecule has 2 aliphatic carbocycles. The van der Waals surface area contributed by atoms with Crippen LogP contribution in [0.5, 0.6) is 5.75 Å². The number of ether oxygens (including phenoxy) is 2. The van der Waals surface area contributed by atoms with E-state index in [9.17, 15) is 23.1 Å². The van der Waals surface area contributed by atoms with Crippen molar-refractivity contribution in [3.05, 3.63) is 70.3 Å². The molecule has 49 heavy (non-hydrogen) atoms. The smallest absolute Gasteiger partial charge is 0.303 e. The lowest BCUT2D eigenvalue weighted by Crippen LogP contribution is -2.52. The first-order valence-electron chi connectivity index (χ1n) is 17.0. The summed E-state index contributed by atoms with van der Waals surface area (Å²) in [5.41, 5.74) is 0.367. The number of nitrogens with zero attached hydrogens (tertiary/aromatic N) is 3. The number of benzene rings is 2. The molecule has 1 fully saturated rings. The molecule has 2 amide bonds. The number of hydrogen-bond acceptors (Lipinski definition) is 8. The molecule has 13 heteroatoms. The summed E-state index contributed by atoms with van der Waals surface area (Å²) in [5.74, 6) is -0.534. The minimum atomic E-state index is -4.28. The maximum absolute atomic E-state index is 13.8. The molecule has 1 saturated carbocycles. The Morgan fingerprint density at radius 1 is 1.18 bits per heavy atom. The van der Waals surface area contributed by atoms with Crippen molar-refractivity contribution in [1.29, 1.82) is 0 Å². The summed E-state index contributed by atoms with van der Waals surface area (Å²) in [5, 5.41) is 12.9. The highest BCUT2D eigenvalue weighted by Gasteiger charge is 2.47. The van der Waals surface area contributed by atoms with E-state index in [1.165, 1.54) is 30.1 Å². The summed E-state index contributed by atoms with van der Waals surface area (Å²) < 4.78 is 41.0. The average Bonchev–Trinajstić information content (AvgIpc) is 3.20. The number of carbonyl (C=O) groups excluding carboxylic acids is 2. The van der Waals surface area contributed by atoms with Gasteiger partial charge in [-0.05, 0) is 91.3 Å². The average molecular weight is 715 g/mol. The first-order valence-corrected chi connectivity index (χ1v) is 18.8. The lowest BCUT2D eigenvalue weighted by molar-refractivity contribution is -0.148. The van der Waals surface area contributed by atoms with Crippen molar-refractivity contribution < 1.29 is 32.6 Å². The van der Waals surface area contributed by atoms with Crippen LogP contribution in [0.1, 0.15) is 55.2 Å². The number of methoxy groups -OCH3 is 1. The molecule has 0 unspecified atom stereocenters. The molecule has 2 bridgehead atoms. The van der Waals surface area contributed by atoms with Crippen LogP contribution in [0.3, 0.4) is 0 Å². The fourth-order valence-corrected chi connectivity index (χ4v) is 8.67. The molecule has 2 heterocycles. The SMILES string of the molecule is CO[C@H]1/C=C/CCN(C)C(=O)C[C@](O)(C(=O)NS(=O)(=O)N(C)C)c2ccc3c(c2)N(C[C@@H]2CC[C@H]21)C[C@@]1(CCCc2cc(Cl)ccc21)CO3. The number of nitrogens with one attached hydrogen (secondary N) is 1. The fourth-order valence-electron chi connectivity index (χ4n) is 7.89. The second-order valence-electron chi connectivity index (χ2n) is 14.3. The highest BCUT2D eigenvalue weighted by molar-refractivity contribution is 7.87. The van der Waals surface area contributed by atoms with Crippen molar-refractivity contribution in [2.24, 2.45) is 11.8 Å². The molecule has 0 aromatic heterocycles. The predicted molar refractivity (Wildman–Crippen MR) is 188 cm³/mol. The van der Waals surface area contributed by atoms with Gasteiger partial charge in [-0.1, -0.05) is 35.9 Å². The second-order valence-corrected chi connectivity index (χ2v) is 16.6. The Morgan fingerprint density at radius 2 is 1.98 bits per heavy atom. The second kappa shape index (κ2) is 13.9. The highest BCUT2D eigenvalue weighted by Crippen LogP contribution is 2.47. The number of anilines is 1.